The van der Waals surface area contributed by atoms with Gasteiger partial charge in [0.05, 0.1) is 21.4 Å². The number of alkyl halides is 1. The Morgan fingerprint density at radius 2 is 2.15 bits per heavy atom. The van der Waals surface area contributed by atoms with Crippen LogP contribution in [-0.4, -0.2) is 9.55 Å². The second-order valence-corrected chi connectivity index (χ2v) is 7.40. The van der Waals surface area contributed by atoms with Crippen molar-refractivity contribution in [3.05, 3.63) is 28.8 Å². The first-order chi connectivity index (χ1) is 9.29. The molecule has 1 fully saturated rings. The predicted molar refractivity (Wildman–Crippen MR) is 80.9 cm³/mol. The zero-order chi connectivity index (χ0) is 14.7. The lowest BCUT2D eigenvalue weighted by Gasteiger charge is -2.11. The Hall–Kier alpha value is -0.800. The second-order valence-electron chi connectivity index (χ2n) is 6.34. The molecule has 5 heteroatoms. The van der Waals surface area contributed by atoms with Gasteiger partial charge in [-0.15, -0.1) is 11.6 Å². The second kappa shape index (κ2) is 4.60. The van der Waals surface area contributed by atoms with Gasteiger partial charge in [-0.25, -0.2) is 9.37 Å². The predicted octanol–water partition coefficient (Wildman–Crippen LogP) is 5.17. The van der Waals surface area contributed by atoms with E-state index in [1.54, 1.807) is 6.07 Å². The summed E-state index contributed by atoms with van der Waals surface area (Å²) in [5.41, 5.74) is 1.84. The molecule has 1 aromatic carbocycles. The topological polar surface area (TPSA) is 17.8 Å². The van der Waals surface area contributed by atoms with Crippen LogP contribution < -0.4 is 0 Å². The first-order valence-electron chi connectivity index (χ1n) is 6.79. The molecular formula is C15H17Cl2FN2. The highest BCUT2D eigenvalue weighted by atomic mass is 35.5. The van der Waals surface area contributed by atoms with Crippen molar-refractivity contribution in [1.82, 2.24) is 9.55 Å². The molecule has 2 nitrogen and oxygen atoms in total. The molecule has 1 aromatic heterocycles. The fraction of sp³-hybridized carbons (Fsp3) is 0.533. The van der Waals surface area contributed by atoms with Crippen LogP contribution in [0.5, 0.6) is 0 Å². The number of benzene rings is 1. The lowest BCUT2D eigenvalue weighted by molar-refractivity contribution is 0.495. The lowest BCUT2D eigenvalue weighted by Crippen LogP contribution is -2.08. The van der Waals surface area contributed by atoms with Crippen molar-refractivity contribution in [1.29, 1.82) is 0 Å². The molecule has 0 bridgehead atoms. The van der Waals surface area contributed by atoms with Gasteiger partial charge in [0.1, 0.15) is 11.6 Å². The summed E-state index contributed by atoms with van der Waals surface area (Å²) >= 11 is 12.1. The first-order valence-corrected chi connectivity index (χ1v) is 7.60. The Bertz CT molecular complexity index is 676. The quantitative estimate of drug-likeness (QED) is 0.714. The smallest absolute Gasteiger partial charge is 0.144 e. The van der Waals surface area contributed by atoms with E-state index in [1.165, 1.54) is 12.5 Å². The van der Waals surface area contributed by atoms with Crippen molar-refractivity contribution in [3.63, 3.8) is 0 Å². The van der Waals surface area contributed by atoms with Crippen molar-refractivity contribution < 1.29 is 4.39 Å². The summed E-state index contributed by atoms with van der Waals surface area (Å²) in [6.45, 7) is 7.21. The standard InChI is InChI=1S/C15H17Cl2FN2/c1-8(16)14-19-12-4-10(17)11(18)5-13(12)20(14)7-9-6-15(9,2)3/h4-5,8-9H,6-7H2,1-3H3. The largest absolute Gasteiger partial charge is 0.326 e. The maximum absolute atomic E-state index is 13.7. The minimum atomic E-state index is -0.413. The van der Waals surface area contributed by atoms with E-state index in [4.69, 9.17) is 23.2 Å². The van der Waals surface area contributed by atoms with Crippen LogP contribution in [0.2, 0.25) is 5.02 Å². The van der Waals surface area contributed by atoms with Gasteiger partial charge in [-0.2, -0.15) is 0 Å². The van der Waals surface area contributed by atoms with E-state index in [0.717, 1.165) is 17.9 Å². The lowest BCUT2D eigenvalue weighted by atomic mass is 10.1. The van der Waals surface area contributed by atoms with Gasteiger partial charge in [0.15, 0.2) is 0 Å². The van der Waals surface area contributed by atoms with E-state index in [1.807, 2.05) is 11.5 Å². The Morgan fingerprint density at radius 3 is 2.70 bits per heavy atom. The van der Waals surface area contributed by atoms with Crippen LogP contribution in [0.1, 0.15) is 38.4 Å². The van der Waals surface area contributed by atoms with Crippen LogP contribution in [0, 0.1) is 17.2 Å². The summed E-state index contributed by atoms with van der Waals surface area (Å²) in [6, 6.07) is 3.03. The molecular weight excluding hydrogens is 298 g/mol. The minimum Gasteiger partial charge on any atom is -0.326 e. The highest BCUT2D eigenvalue weighted by molar-refractivity contribution is 6.31. The SMILES string of the molecule is CC(Cl)c1nc2cc(Cl)c(F)cc2n1CC1CC1(C)C. The molecule has 2 aromatic rings. The first kappa shape index (κ1) is 14.2. The average Bonchev–Trinajstić information content (AvgIpc) is 2.78. The summed E-state index contributed by atoms with van der Waals surface area (Å²) in [6.07, 6.45) is 1.18. The molecule has 1 aliphatic rings. The van der Waals surface area contributed by atoms with Crippen LogP contribution in [0.4, 0.5) is 4.39 Å². The van der Waals surface area contributed by atoms with E-state index < -0.39 is 5.82 Å². The maximum atomic E-state index is 13.7. The molecule has 0 amide bonds. The van der Waals surface area contributed by atoms with Gasteiger partial charge in [-0.05, 0) is 30.7 Å². The number of halogens is 3. The molecule has 0 spiro atoms. The number of hydrogen-bond acceptors (Lipinski definition) is 1. The molecule has 1 heterocycles. The van der Waals surface area contributed by atoms with E-state index in [0.29, 0.717) is 16.8 Å². The molecule has 0 saturated heterocycles. The zero-order valence-electron chi connectivity index (χ0n) is 11.8. The summed E-state index contributed by atoms with van der Waals surface area (Å²) in [7, 11) is 0. The van der Waals surface area contributed by atoms with Gasteiger partial charge in [-0.1, -0.05) is 25.4 Å². The van der Waals surface area contributed by atoms with E-state index in [-0.39, 0.29) is 10.4 Å². The molecule has 0 radical (unpaired) electrons. The summed E-state index contributed by atoms with van der Waals surface area (Å²) in [5.74, 6) is 0.961. The van der Waals surface area contributed by atoms with Gasteiger partial charge < -0.3 is 4.57 Å². The van der Waals surface area contributed by atoms with Crippen LogP contribution in [-0.2, 0) is 6.54 Å². The summed E-state index contributed by atoms with van der Waals surface area (Å²) in [4.78, 5) is 4.52. The van der Waals surface area contributed by atoms with Gasteiger partial charge in [0.2, 0.25) is 0 Å². The number of imidazole rings is 1. The Labute approximate surface area is 127 Å². The highest BCUT2D eigenvalue weighted by Gasteiger charge is 2.45. The molecule has 108 valence electrons. The molecule has 20 heavy (non-hydrogen) atoms. The van der Waals surface area contributed by atoms with Crippen LogP contribution in [0.25, 0.3) is 11.0 Å². The number of aromatic nitrogens is 2. The van der Waals surface area contributed by atoms with Crippen LogP contribution >= 0.6 is 23.2 Å². The fourth-order valence-corrected chi connectivity index (χ4v) is 3.07. The maximum Gasteiger partial charge on any atom is 0.144 e. The molecule has 0 aliphatic heterocycles. The summed E-state index contributed by atoms with van der Waals surface area (Å²) < 4.78 is 15.8. The third kappa shape index (κ3) is 2.31. The van der Waals surface area contributed by atoms with Gasteiger partial charge in [-0.3, -0.25) is 0 Å². The monoisotopic (exact) mass is 314 g/mol. The molecule has 2 atom stereocenters. The van der Waals surface area contributed by atoms with Crippen molar-refractivity contribution in [3.8, 4) is 0 Å². The molecule has 0 N–H and O–H groups in total. The molecule has 3 rings (SSSR count). The molecule has 1 saturated carbocycles. The van der Waals surface area contributed by atoms with Gasteiger partial charge in [0.25, 0.3) is 0 Å². The van der Waals surface area contributed by atoms with Gasteiger partial charge >= 0.3 is 0 Å². The van der Waals surface area contributed by atoms with Crippen molar-refractivity contribution in [2.45, 2.75) is 39.1 Å². The van der Waals surface area contributed by atoms with E-state index in [9.17, 15) is 4.39 Å². The third-order valence-corrected chi connectivity index (χ3v) is 4.78. The highest BCUT2D eigenvalue weighted by Crippen LogP contribution is 2.53. The average molecular weight is 315 g/mol. The number of rotatable bonds is 3. The van der Waals surface area contributed by atoms with Crippen molar-refractivity contribution in [2.24, 2.45) is 11.3 Å². The third-order valence-electron chi connectivity index (χ3n) is 4.30. The molecule has 2 unspecified atom stereocenters. The zero-order valence-corrected chi connectivity index (χ0v) is 13.3. The minimum absolute atomic E-state index is 0.0997. The fourth-order valence-electron chi connectivity index (χ4n) is 2.74. The van der Waals surface area contributed by atoms with Crippen molar-refractivity contribution in [2.75, 3.05) is 0 Å². The van der Waals surface area contributed by atoms with E-state index in [2.05, 4.69) is 18.8 Å². The molecule has 1 aliphatic carbocycles. The Balaban J connectivity index is 2.11. The Kier molecular flexibility index (Phi) is 3.26. The number of nitrogens with zero attached hydrogens (tertiary/aromatic N) is 2. The number of fused-ring (bicyclic) bond motifs is 1. The van der Waals surface area contributed by atoms with Crippen LogP contribution in [0.15, 0.2) is 12.1 Å². The van der Waals surface area contributed by atoms with Crippen LogP contribution in [0.3, 0.4) is 0 Å². The summed E-state index contributed by atoms with van der Waals surface area (Å²) in [5, 5.41) is -0.117. The van der Waals surface area contributed by atoms with E-state index >= 15 is 0 Å². The number of hydrogen-bond donors (Lipinski definition) is 0. The Morgan fingerprint density at radius 1 is 1.50 bits per heavy atom. The normalized spacial score (nSPS) is 22.2. The van der Waals surface area contributed by atoms with Gasteiger partial charge in [0, 0.05) is 12.6 Å². The van der Waals surface area contributed by atoms with Crippen molar-refractivity contribution >= 4 is 34.2 Å².